The summed E-state index contributed by atoms with van der Waals surface area (Å²) in [6, 6.07) is 5.74. The molecule has 0 aromatic carbocycles. The Morgan fingerprint density at radius 3 is 2.93 bits per heavy atom. The average Bonchev–Trinajstić information content (AvgIpc) is 2.56. The van der Waals surface area contributed by atoms with E-state index in [4.69, 9.17) is 5.73 Å². The molecule has 0 spiro atoms. The maximum absolute atomic E-state index is 5.52. The normalized spacial score (nSPS) is 10.4. The van der Waals surface area contributed by atoms with Crippen molar-refractivity contribution >= 4 is 5.82 Å². The van der Waals surface area contributed by atoms with Gasteiger partial charge in [0, 0.05) is 12.4 Å². The van der Waals surface area contributed by atoms with E-state index in [-0.39, 0.29) is 0 Å². The zero-order chi connectivity index (χ0) is 9.97. The summed E-state index contributed by atoms with van der Waals surface area (Å²) in [6.07, 6.45) is 3.64. The lowest BCUT2D eigenvalue weighted by Gasteiger charge is -2.03. The Balaban J connectivity index is 2.23. The van der Waals surface area contributed by atoms with E-state index in [1.807, 2.05) is 25.3 Å². The van der Waals surface area contributed by atoms with E-state index in [9.17, 15) is 0 Å². The molecule has 14 heavy (non-hydrogen) atoms. The van der Waals surface area contributed by atoms with Gasteiger partial charge < -0.3 is 5.73 Å². The minimum Gasteiger partial charge on any atom is -0.382 e. The number of nitrogen functional groups attached to an aromatic ring is 1. The highest BCUT2D eigenvalue weighted by Gasteiger charge is 2.00. The van der Waals surface area contributed by atoms with Gasteiger partial charge in [0.05, 0.1) is 12.2 Å². The molecule has 4 nitrogen and oxygen atoms in total. The Morgan fingerprint density at radius 2 is 2.29 bits per heavy atom. The fourth-order valence-corrected chi connectivity index (χ4v) is 1.30. The van der Waals surface area contributed by atoms with Crippen molar-refractivity contribution in [1.82, 2.24) is 14.8 Å². The van der Waals surface area contributed by atoms with E-state index >= 15 is 0 Å². The van der Waals surface area contributed by atoms with Crippen LogP contribution in [0.5, 0.6) is 0 Å². The lowest BCUT2D eigenvalue weighted by molar-refractivity contribution is 0.672. The lowest BCUT2D eigenvalue weighted by atomic mass is 10.2. The molecule has 2 rings (SSSR count). The number of aryl methyl sites for hydroxylation is 1. The first-order valence-corrected chi connectivity index (χ1v) is 4.45. The third kappa shape index (κ3) is 1.74. The number of rotatable bonds is 2. The van der Waals surface area contributed by atoms with Gasteiger partial charge in [0.2, 0.25) is 0 Å². The number of hydrogen-bond donors (Lipinski definition) is 1. The molecule has 0 saturated carbocycles. The first-order chi connectivity index (χ1) is 6.75. The van der Waals surface area contributed by atoms with Crippen LogP contribution >= 0.6 is 0 Å². The first kappa shape index (κ1) is 8.74. The Labute approximate surface area is 82.4 Å². The van der Waals surface area contributed by atoms with Gasteiger partial charge in [0.1, 0.15) is 5.82 Å². The van der Waals surface area contributed by atoms with Crippen molar-refractivity contribution in [2.75, 3.05) is 5.73 Å². The van der Waals surface area contributed by atoms with Crippen molar-refractivity contribution in [2.24, 2.45) is 0 Å². The second kappa shape index (κ2) is 3.49. The maximum atomic E-state index is 5.52. The second-order valence-electron chi connectivity index (χ2n) is 3.21. The third-order valence-electron chi connectivity index (χ3n) is 2.09. The van der Waals surface area contributed by atoms with Gasteiger partial charge in [0.15, 0.2) is 0 Å². The molecule has 72 valence electrons. The summed E-state index contributed by atoms with van der Waals surface area (Å²) in [5.41, 5.74) is 7.71. The molecule has 0 atom stereocenters. The van der Waals surface area contributed by atoms with Gasteiger partial charge in [-0.15, -0.1) is 0 Å². The standard InChI is InChI=1S/C10H12N4/c1-8-3-2-5-12-9(8)7-14-6-4-10(11)13-14/h2-6H,7H2,1H3,(H2,11,13). The highest BCUT2D eigenvalue weighted by molar-refractivity contribution is 5.25. The summed E-state index contributed by atoms with van der Waals surface area (Å²) >= 11 is 0. The average molecular weight is 188 g/mol. The Bertz CT molecular complexity index is 433. The maximum Gasteiger partial charge on any atom is 0.145 e. The summed E-state index contributed by atoms with van der Waals surface area (Å²) in [7, 11) is 0. The Kier molecular flexibility index (Phi) is 2.18. The zero-order valence-corrected chi connectivity index (χ0v) is 8.01. The highest BCUT2D eigenvalue weighted by Crippen LogP contribution is 2.06. The highest BCUT2D eigenvalue weighted by atomic mass is 15.3. The molecular formula is C10H12N4. The molecular weight excluding hydrogens is 176 g/mol. The van der Waals surface area contributed by atoms with Gasteiger partial charge in [-0.25, -0.2) is 0 Å². The molecule has 4 heteroatoms. The minimum absolute atomic E-state index is 0.540. The minimum atomic E-state index is 0.540. The van der Waals surface area contributed by atoms with Gasteiger partial charge in [-0.05, 0) is 24.6 Å². The summed E-state index contributed by atoms with van der Waals surface area (Å²) in [4.78, 5) is 4.28. The van der Waals surface area contributed by atoms with Gasteiger partial charge in [-0.3, -0.25) is 9.67 Å². The molecule has 0 unspecified atom stereocenters. The van der Waals surface area contributed by atoms with Crippen molar-refractivity contribution in [1.29, 1.82) is 0 Å². The summed E-state index contributed by atoms with van der Waals surface area (Å²) in [6.45, 7) is 2.71. The Hall–Kier alpha value is -1.84. The molecule has 0 amide bonds. The van der Waals surface area contributed by atoms with Crippen LogP contribution in [0.3, 0.4) is 0 Å². The van der Waals surface area contributed by atoms with Gasteiger partial charge in [0.25, 0.3) is 0 Å². The molecule has 0 aliphatic heterocycles. The zero-order valence-electron chi connectivity index (χ0n) is 8.01. The topological polar surface area (TPSA) is 56.7 Å². The van der Waals surface area contributed by atoms with Crippen molar-refractivity contribution in [3.63, 3.8) is 0 Å². The van der Waals surface area contributed by atoms with Crippen LogP contribution in [-0.4, -0.2) is 14.8 Å². The van der Waals surface area contributed by atoms with Crippen LogP contribution in [0.25, 0.3) is 0 Å². The van der Waals surface area contributed by atoms with Crippen LogP contribution in [0.15, 0.2) is 30.6 Å². The smallest absolute Gasteiger partial charge is 0.145 e. The number of aromatic nitrogens is 3. The third-order valence-corrected chi connectivity index (χ3v) is 2.09. The molecule has 0 aliphatic carbocycles. The van der Waals surface area contributed by atoms with Crippen LogP contribution in [0.1, 0.15) is 11.3 Å². The van der Waals surface area contributed by atoms with Crippen molar-refractivity contribution in [3.05, 3.63) is 41.9 Å². The molecule has 0 bridgehead atoms. The van der Waals surface area contributed by atoms with E-state index in [0.717, 1.165) is 5.69 Å². The quantitative estimate of drug-likeness (QED) is 0.770. The van der Waals surface area contributed by atoms with Gasteiger partial charge in [-0.1, -0.05) is 6.07 Å². The fraction of sp³-hybridized carbons (Fsp3) is 0.200. The van der Waals surface area contributed by atoms with E-state index in [1.54, 1.807) is 16.9 Å². The van der Waals surface area contributed by atoms with Crippen molar-refractivity contribution < 1.29 is 0 Å². The molecule has 2 N–H and O–H groups in total. The van der Waals surface area contributed by atoms with Crippen LogP contribution in [0.2, 0.25) is 0 Å². The van der Waals surface area contributed by atoms with Gasteiger partial charge >= 0.3 is 0 Å². The summed E-state index contributed by atoms with van der Waals surface area (Å²) in [5.74, 6) is 0.540. The van der Waals surface area contributed by atoms with Gasteiger partial charge in [-0.2, -0.15) is 5.10 Å². The summed E-state index contributed by atoms with van der Waals surface area (Å²) < 4.78 is 1.78. The molecule has 0 aliphatic rings. The van der Waals surface area contributed by atoms with Crippen LogP contribution in [0, 0.1) is 6.92 Å². The molecule has 2 aromatic rings. The van der Waals surface area contributed by atoms with E-state index < -0.39 is 0 Å². The predicted octanol–water partition coefficient (Wildman–Crippen LogP) is 1.22. The number of nitrogens with two attached hydrogens (primary N) is 1. The van der Waals surface area contributed by atoms with Crippen molar-refractivity contribution in [2.45, 2.75) is 13.5 Å². The van der Waals surface area contributed by atoms with Crippen LogP contribution in [0.4, 0.5) is 5.82 Å². The van der Waals surface area contributed by atoms with E-state index in [1.165, 1.54) is 5.56 Å². The molecule has 0 saturated heterocycles. The molecule has 2 heterocycles. The predicted molar refractivity (Wildman–Crippen MR) is 54.7 cm³/mol. The van der Waals surface area contributed by atoms with E-state index in [2.05, 4.69) is 10.1 Å². The molecule has 0 fully saturated rings. The summed E-state index contributed by atoms with van der Waals surface area (Å²) in [5, 5.41) is 4.10. The molecule has 0 radical (unpaired) electrons. The number of nitrogens with zero attached hydrogens (tertiary/aromatic N) is 3. The second-order valence-corrected chi connectivity index (χ2v) is 3.21. The first-order valence-electron chi connectivity index (χ1n) is 4.45. The molecule has 2 aromatic heterocycles. The number of hydrogen-bond acceptors (Lipinski definition) is 3. The fourth-order valence-electron chi connectivity index (χ4n) is 1.30. The number of pyridine rings is 1. The van der Waals surface area contributed by atoms with Crippen LogP contribution < -0.4 is 5.73 Å². The Morgan fingerprint density at radius 1 is 1.43 bits per heavy atom. The monoisotopic (exact) mass is 188 g/mol. The lowest BCUT2D eigenvalue weighted by Crippen LogP contribution is -2.04. The SMILES string of the molecule is Cc1cccnc1Cn1ccc(N)n1. The number of anilines is 1. The van der Waals surface area contributed by atoms with E-state index in [0.29, 0.717) is 12.4 Å². The largest absolute Gasteiger partial charge is 0.382 e. The van der Waals surface area contributed by atoms with Crippen LogP contribution in [-0.2, 0) is 6.54 Å². The van der Waals surface area contributed by atoms with Crippen molar-refractivity contribution in [3.8, 4) is 0 Å².